The van der Waals surface area contributed by atoms with Crippen LogP contribution < -0.4 is 16.4 Å². The molecule has 144 valence electrons. The third kappa shape index (κ3) is 5.11. The number of halogens is 1. The van der Waals surface area contributed by atoms with Gasteiger partial charge in [-0.3, -0.25) is 25.2 Å². The van der Waals surface area contributed by atoms with Gasteiger partial charge in [0.15, 0.2) is 5.69 Å². The number of aromatic amines is 1. The van der Waals surface area contributed by atoms with Gasteiger partial charge in [0.2, 0.25) is 5.91 Å². The Bertz CT molecular complexity index is 1050. The second-order valence-corrected chi connectivity index (χ2v) is 7.46. The first-order valence-corrected chi connectivity index (χ1v) is 9.86. The highest BCUT2D eigenvalue weighted by Gasteiger charge is 2.14. The number of H-pyrrole nitrogens is 1. The van der Waals surface area contributed by atoms with Crippen molar-refractivity contribution in [1.82, 2.24) is 21.0 Å². The Hall–Kier alpha value is -2.84. The summed E-state index contributed by atoms with van der Waals surface area (Å²) in [5.74, 6) is -0.148. The molecule has 3 aromatic rings. The van der Waals surface area contributed by atoms with E-state index in [1.807, 2.05) is 24.3 Å². The van der Waals surface area contributed by atoms with Crippen LogP contribution in [0.5, 0.6) is 0 Å². The zero-order valence-electron chi connectivity index (χ0n) is 14.7. The lowest BCUT2D eigenvalue weighted by atomic mass is 10.1. The summed E-state index contributed by atoms with van der Waals surface area (Å²) >= 11 is 7.47. The minimum atomic E-state index is -0.601. The van der Waals surface area contributed by atoms with Gasteiger partial charge in [0.1, 0.15) is 0 Å². The number of benzene rings is 2. The average Bonchev–Trinajstić information content (AvgIpc) is 2.71. The second-order valence-electron chi connectivity index (χ2n) is 5.86. The fourth-order valence-corrected chi connectivity index (χ4v) is 3.47. The molecule has 7 nitrogen and oxygen atoms in total. The number of carbonyl (C=O) groups is 2. The summed E-state index contributed by atoms with van der Waals surface area (Å²) in [5.41, 5.74) is 4.36. The second kappa shape index (κ2) is 9.38. The van der Waals surface area contributed by atoms with Gasteiger partial charge in [-0.05, 0) is 42.5 Å². The maximum atomic E-state index is 12.3. The summed E-state index contributed by atoms with van der Waals surface area (Å²) in [6, 6.07) is 14.1. The van der Waals surface area contributed by atoms with E-state index in [9.17, 15) is 14.4 Å². The van der Waals surface area contributed by atoms with Crippen LogP contribution in [0.25, 0.3) is 10.8 Å². The minimum Gasteiger partial charge on any atom is -0.273 e. The van der Waals surface area contributed by atoms with Crippen molar-refractivity contribution < 1.29 is 9.59 Å². The molecule has 2 aromatic carbocycles. The summed E-state index contributed by atoms with van der Waals surface area (Å²) in [6.07, 6.45) is 0.912. The number of amides is 2. The Morgan fingerprint density at radius 3 is 2.50 bits per heavy atom. The highest BCUT2D eigenvalue weighted by Crippen LogP contribution is 2.21. The summed E-state index contributed by atoms with van der Waals surface area (Å²) in [6.45, 7) is 0. The van der Waals surface area contributed by atoms with Crippen LogP contribution in [0.15, 0.2) is 58.2 Å². The number of hydrazine groups is 1. The molecule has 0 spiro atoms. The van der Waals surface area contributed by atoms with Gasteiger partial charge in [-0.15, -0.1) is 11.8 Å². The fourth-order valence-electron chi connectivity index (χ4n) is 2.49. The van der Waals surface area contributed by atoms with Gasteiger partial charge >= 0.3 is 0 Å². The quantitative estimate of drug-likeness (QED) is 0.325. The zero-order valence-corrected chi connectivity index (χ0v) is 16.3. The van der Waals surface area contributed by atoms with Crippen LogP contribution in [0.4, 0.5) is 0 Å². The number of carbonyl (C=O) groups excluding carboxylic acids is 2. The maximum Gasteiger partial charge on any atom is 0.290 e. The predicted octanol–water partition coefficient (Wildman–Crippen LogP) is 2.91. The van der Waals surface area contributed by atoms with E-state index in [0.717, 1.165) is 10.6 Å². The number of nitrogens with one attached hydrogen (secondary N) is 3. The lowest BCUT2D eigenvalue weighted by molar-refractivity contribution is -0.121. The smallest absolute Gasteiger partial charge is 0.273 e. The Kier molecular flexibility index (Phi) is 6.67. The lowest BCUT2D eigenvalue weighted by Gasteiger charge is -2.08. The van der Waals surface area contributed by atoms with Crippen molar-refractivity contribution in [3.8, 4) is 0 Å². The van der Waals surface area contributed by atoms with Crippen molar-refractivity contribution in [1.29, 1.82) is 0 Å². The third-order valence-electron chi connectivity index (χ3n) is 3.86. The first-order valence-electron chi connectivity index (χ1n) is 8.49. The van der Waals surface area contributed by atoms with E-state index >= 15 is 0 Å². The molecule has 1 aromatic heterocycles. The monoisotopic (exact) mass is 416 g/mol. The number of rotatable bonds is 6. The number of hydrogen-bond donors (Lipinski definition) is 3. The van der Waals surface area contributed by atoms with Crippen molar-refractivity contribution in [3.63, 3.8) is 0 Å². The first kappa shape index (κ1) is 19.9. The molecule has 0 saturated heterocycles. The Labute approximate surface area is 169 Å². The molecule has 3 N–H and O–H groups in total. The highest BCUT2D eigenvalue weighted by molar-refractivity contribution is 7.99. The van der Waals surface area contributed by atoms with Crippen LogP contribution >= 0.6 is 23.4 Å². The maximum absolute atomic E-state index is 12.3. The molecule has 0 unspecified atom stereocenters. The summed E-state index contributed by atoms with van der Waals surface area (Å²) in [4.78, 5) is 37.0. The molecule has 1 heterocycles. The van der Waals surface area contributed by atoms with Crippen LogP contribution in [0.2, 0.25) is 5.02 Å². The van der Waals surface area contributed by atoms with E-state index in [-0.39, 0.29) is 23.6 Å². The van der Waals surface area contributed by atoms with Crippen LogP contribution in [0.3, 0.4) is 0 Å². The van der Waals surface area contributed by atoms with Crippen LogP contribution in [-0.2, 0) is 4.79 Å². The average molecular weight is 417 g/mol. The minimum absolute atomic E-state index is 0.0359. The molecule has 0 saturated carbocycles. The Balaban J connectivity index is 1.47. The molecule has 9 heteroatoms. The van der Waals surface area contributed by atoms with Crippen LogP contribution in [0.1, 0.15) is 23.3 Å². The van der Waals surface area contributed by atoms with Crippen LogP contribution in [-0.4, -0.2) is 27.8 Å². The van der Waals surface area contributed by atoms with E-state index in [4.69, 9.17) is 11.6 Å². The van der Waals surface area contributed by atoms with Crippen molar-refractivity contribution in [2.24, 2.45) is 0 Å². The molecule has 28 heavy (non-hydrogen) atoms. The zero-order chi connectivity index (χ0) is 19.9. The molecule has 0 bridgehead atoms. The standard InChI is InChI=1S/C19H17ClN4O3S/c20-12-7-9-13(10-8-12)28-11-3-6-16(25)21-24-19(27)17-14-4-1-2-5-15(14)18(26)23-22-17/h1-2,4-5,7-10H,3,6,11H2,(H,21,25)(H,23,26)(H,24,27). The van der Waals surface area contributed by atoms with Gasteiger partial charge in [0.05, 0.1) is 5.39 Å². The van der Waals surface area contributed by atoms with E-state index in [0.29, 0.717) is 22.2 Å². The molecular formula is C19H17ClN4O3S. The SMILES string of the molecule is O=C(CCCSc1ccc(Cl)cc1)NNC(=O)c1n[nH]c(=O)c2ccccc12. The van der Waals surface area contributed by atoms with Crippen LogP contribution in [0, 0.1) is 0 Å². The number of hydrogen-bond acceptors (Lipinski definition) is 5. The van der Waals surface area contributed by atoms with Gasteiger partial charge in [-0.1, -0.05) is 29.8 Å². The Morgan fingerprint density at radius 2 is 1.75 bits per heavy atom. The topological polar surface area (TPSA) is 104 Å². The molecule has 2 amide bonds. The fraction of sp³-hybridized carbons (Fsp3) is 0.158. The lowest BCUT2D eigenvalue weighted by Crippen LogP contribution is -2.42. The van der Waals surface area contributed by atoms with Gasteiger partial charge in [0, 0.05) is 21.7 Å². The molecule has 0 aliphatic heterocycles. The third-order valence-corrected chi connectivity index (χ3v) is 5.21. The van der Waals surface area contributed by atoms with E-state index in [1.54, 1.807) is 36.0 Å². The summed E-state index contributed by atoms with van der Waals surface area (Å²) in [5, 5.41) is 7.52. The van der Waals surface area contributed by atoms with Gasteiger partial charge < -0.3 is 0 Å². The molecule has 0 aliphatic rings. The van der Waals surface area contributed by atoms with Gasteiger partial charge in [-0.25, -0.2) is 5.10 Å². The summed E-state index contributed by atoms with van der Waals surface area (Å²) in [7, 11) is 0. The number of nitrogens with zero attached hydrogens (tertiary/aromatic N) is 1. The van der Waals surface area contributed by atoms with Gasteiger partial charge in [0.25, 0.3) is 11.5 Å². The van der Waals surface area contributed by atoms with Crippen molar-refractivity contribution in [3.05, 3.63) is 69.6 Å². The van der Waals surface area contributed by atoms with Crippen molar-refractivity contribution in [2.75, 3.05) is 5.75 Å². The molecule has 0 radical (unpaired) electrons. The Morgan fingerprint density at radius 1 is 1.04 bits per heavy atom. The normalized spacial score (nSPS) is 10.6. The van der Waals surface area contributed by atoms with Crippen molar-refractivity contribution in [2.45, 2.75) is 17.7 Å². The van der Waals surface area contributed by atoms with Gasteiger partial charge in [-0.2, -0.15) is 5.10 Å². The largest absolute Gasteiger partial charge is 0.290 e. The molecule has 0 aliphatic carbocycles. The number of aromatic nitrogens is 2. The number of fused-ring (bicyclic) bond motifs is 1. The molecule has 3 rings (SSSR count). The molecular weight excluding hydrogens is 400 g/mol. The molecule has 0 fully saturated rings. The van der Waals surface area contributed by atoms with E-state index < -0.39 is 5.91 Å². The van der Waals surface area contributed by atoms with E-state index in [2.05, 4.69) is 21.0 Å². The predicted molar refractivity (Wildman–Crippen MR) is 109 cm³/mol. The first-order chi connectivity index (χ1) is 13.5. The highest BCUT2D eigenvalue weighted by atomic mass is 35.5. The van der Waals surface area contributed by atoms with E-state index in [1.165, 1.54) is 0 Å². The molecule has 0 atom stereocenters. The summed E-state index contributed by atoms with van der Waals surface area (Å²) < 4.78 is 0. The number of thioether (sulfide) groups is 1. The van der Waals surface area contributed by atoms with Crippen molar-refractivity contribution >= 4 is 45.9 Å².